The van der Waals surface area contributed by atoms with Crippen LogP contribution in [0.3, 0.4) is 0 Å². The Morgan fingerprint density at radius 3 is 2.75 bits per heavy atom. The van der Waals surface area contributed by atoms with Crippen LogP contribution in [0.25, 0.3) is 0 Å². The number of hydrogen-bond acceptors (Lipinski definition) is 5. The second-order valence-electron chi connectivity index (χ2n) is 3.94. The second-order valence-corrected chi connectivity index (χ2v) is 3.94. The minimum absolute atomic E-state index is 0.0859. The van der Waals surface area contributed by atoms with E-state index in [0.29, 0.717) is 11.4 Å². The van der Waals surface area contributed by atoms with Gasteiger partial charge in [-0.3, -0.25) is 9.59 Å². The molecule has 110 valence electrons. The van der Waals surface area contributed by atoms with Crippen molar-refractivity contribution in [2.75, 3.05) is 32.6 Å². The number of amides is 2. The number of ether oxygens (including phenoxy) is 2. The van der Waals surface area contributed by atoms with Crippen molar-refractivity contribution >= 4 is 17.5 Å². The minimum atomic E-state index is -0.703. The van der Waals surface area contributed by atoms with Gasteiger partial charge >= 0.3 is 0 Å². The van der Waals surface area contributed by atoms with E-state index in [4.69, 9.17) is 15.2 Å². The highest BCUT2D eigenvalue weighted by Gasteiger charge is 2.15. The van der Waals surface area contributed by atoms with E-state index in [1.165, 1.54) is 14.2 Å². The summed E-state index contributed by atoms with van der Waals surface area (Å²) in [6.45, 7) is 0.00654. The Morgan fingerprint density at radius 2 is 2.15 bits per heavy atom. The van der Waals surface area contributed by atoms with E-state index >= 15 is 0 Å². The highest BCUT2D eigenvalue weighted by molar-refractivity contribution is 5.94. The van der Waals surface area contributed by atoms with E-state index in [1.54, 1.807) is 24.3 Å². The molecule has 0 aliphatic heterocycles. The molecule has 2 amide bonds. The van der Waals surface area contributed by atoms with Gasteiger partial charge in [-0.2, -0.15) is 0 Å². The van der Waals surface area contributed by atoms with Crippen molar-refractivity contribution in [2.24, 2.45) is 5.73 Å². The predicted octanol–water partition coefficient (Wildman–Crippen LogP) is -0.276. The van der Waals surface area contributed by atoms with Crippen LogP contribution in [0, 0.1) is 0 Å². The first-order chi connectivity index (χ1) is 9.60. The van der Waals surface area contributed by atoms with Crippen LogP contribution in [-0.4, -0.2) is 45.2 Å². The van der Waals surface area contributed by atoms with Crippen molar-refractivity contribution in [1.82, 2.24) is 5.32 Å². The van der Waals surface area contributed by atoms with Gasteiger partial charge in [0.1, 0.15) is 11.9 Å². The quantitative estimate of drug-likeness (QED) is 0.638. The highest BCUT2D eigenvalue weighted by Crippen LogP contribution is 2.17. The molecule has 0 spiro atoms. The van der Waals surface area contributed by atoms with Crippen molar-refractivity contribution in [3.8, 4) is 5.75 Å². The summed E-state index contributed by atoms with van der Waals surface area (Å²) in [6.07, 6.45) is -0.703. The Morgan fingerprint density at radius 1 is 1.40 bits per heavy atom. The zero-order valence-corrected chi connectivity index (χ0v) is 11.5. The van der Waals surface area contributed by atoms with Crippen LogP contribution in [0.4, 0.5) is 5.69 Å². The van der Waals surface area contributed by atoms with Crippen LogP contribution in [0.5, 0.6) is 5.75 Å². The molecule has 1 aromatic carbocycles. The van der Waals surface area contributed by atoms with Gasteiger partial charge in [0, 0.05) is 32.5 Å². The predicted molar refractivity (Wildman–Crippen MR) is 74.5 cm³/mol. The molecule has 7 heteroatoms. The topological polar surface area (TPSA) is 103 Å². The fraction of sp³-hybridized carbons (Fsp3) is 0.385. The molecule has 1 atom stereocenters. The summed E-state index contributed by atoms with van der Waals surface area (Å²) >= 11 is 0. The zero-order valence-electron chi connectivity index (χ0n) is 11.5. The summed E-state index contributed by atoms with van der Waals surface area (Å²) in [5.74, 6) is -0.0893. The van der Waals surface area contributed by atoms with Crippen LogP contribution in [0.15, 0.2) is 24.3 Å². The van der Waals surface area contributed by atoms with Gasteiger partial charge in [-0.05, 0) is 12.1 Å². The maximum atomic E-state index is 11.8. The zero-order chi connectivity index (χ0) is 15.0. The molecular formula is C13H19N3O4. The van der Waals surface area contributed by atoms with Gasteiger partial charge in [0.05, 0.1) is 0 Å². The van der Waals surface area contributed by atoms with Gasteiger partial charge in [-0.15, -0.1) is 0 Å². The maximum Gasteiger partial charge on any atom is 0.257 e. The maximum absolute atomic E-state index is 11.8. The average Bonchev–Trinajstić information content (AvgIpc) is 2.46. The lowest BCUT2D eigenvalue weighted by molar-refractivity contribution is -0.125. The van der Waals surface area contributed by atoms with Crippen molar-refractivity contribution < 1.29 is 19.1 Å². The number of carbonyl (C=O) groups excluding carboxylic acids is 2. The molecule has 0 fully saturated rings. The number of nitrogens with two attached hydrogens (primary N) is 1. The number of benzene rings is 1. The molecule has 1 aromatic rings. The number of hydrogen-bond donors (Lipinski definition) is 3. The third-order valence-corrected chi connectivity index (χ3v) is 2.54. The van der Waals surface area contributed by atoms with Crippen LogP contribution in [-0.2, 0) is 14.3 Å². The molecular weight excluding hydrogens is 262 g/mol. The highest BCUT2D eigenvalue weighted by atomic mass is 16.5. The monoisotopic (exact) mass is 281 g/mol. The molecule has 0 bridgehead atoms. The van der Waals surface area contributed by atoms with Crippen LogP contribution >= 0.6 is 0 Å². The molecule has 0 aliphatic carbocycles. The number of carbonyl (C=O) groups is 2. The molecule has 0 radical (unpaired) electrons. The summed E-state index contributed by atoms with van der Waals surface area (Å²) < 4.78 is 10.2. The number of anilines is 1. The Labute approximate surface area is 117 Å². The third-order valence-electron chi connectivity index (χ3n) is 2.54. The fourth-order valence-corrected chi connectivity index (χ4v) is 1.42. The SMILES string of the molecule is CNC(=O)COc1cccc(NC(=O)C(CN)OC)c1. The normalized spacial score (nSPS) is 11.6. The molecule has 0 aromatic heterocycles. The van der Waals surface area contributed by atoms with Gasteiger partial charge in [-0.1, -0.05) is 6.07 Å². The van der Waals surface area contributed by atoms with E-state index in [0.717, 1.165) is 0 Å². The van der Waals surface area contributed by atoms with Crippen molar-refractivity contribution in [3.63, 3.8) is 0 Å². The summed E-state index contributed by atoms with van der Waals surface area (Å²) in [5.41, 5.74) is 5.95. The van der Waals surface area contributed by atoms with Crippen LogP contribution < -0.4 is 21.1 Å². The molecule has 0 aliphatic rings. The lowest BCUT2D eigenvalue weighted by Gasteiger charge is -2.13. The number of nitrogens with one attached hydrogen (secondary N) is 2. The van der Waals surface area contributed by atoms with Crippen molar-refractivity contribution in [2.45, 2.75) is 6.10 Å². The first-order valence-electron chi connectivity index (χ1n) is 6.08. The average molecular weight is 281 g/mol. The molecule has 4 N–H and O–H groups in total. The molecule has 1 rings (SSSR count). The smallest absolute Gasteiger partial charge is 0.257 e. The Bertz CT molecular complexity index is 461. The molecule has 7 nitrogen and oxygen atoms in total. The summed E-state index contributed by atoms with van der Waals surface area (Å²) in [7, 11) is 2.94. The van der Waals surface area contributed by atoms with E-state index in [-0.39, 0.29) is 25.0 Å². The molecule has 0 saturated carbocycles. The van der Waals surface area contributed by atoms with Gasteiger partial charge in [0.15, 0.2) is 6.61 Å². The van der Waals surface area contributed by atoms with Crippen LogP contribution in [0.1, 0.15) is 0 Å². The molecule has 0 heterocycles. The lowest BCUT2D eigenvalue weighted by atomic mass is 10.2. The lowest BCUT2D eigenvalue weighted by Crippen LogP contribution is -2.35. The molecule has 1 unspecified atom stereocenters. The van der Waals surface area contributed by atoms with E-state index < -0.39 is 6.10 Å². The van der Waals surface area contributed by atoms with Crippen molar-refractivity contribution in [1.29, 1.82) is 0 Å². The van der Waals surface area contributed by atoms with Gasteiger partial charge in [0.25, 0.3) is 11.8 Å². The van der Waals surface area contributed by atoms with Gasteiger partial charge < -0.3 is 25.8 Å². The van der Waals surface area contributed by atoms with Gasteiger partial charge in [0.2, 0.25) is 0 Å². The van der Waals surface area contributed by atoms with Crippen LogP contribution in [0.2, 0.25) is 0 Å². The van der Waals surface area contributed by atoms with E-state index in [1.807, 2.05) is 0 Å². The Hall–Kier alpha value is -2.12. The van der Waals surface area contributed by atoms with Gasteiger partial charge in [-0.25, -0.2) is 0 Å². The Balaban J connectivity index is 2.63. The fourth-order valence-electron chi connectivity index (χ4n) is 1.42. The number of likely N-dealkylation sites (N-methyl/N-ethyl adjacent to an activating group) is 1. The van der Waals surface area contributed by atoms with E-state index in [2.05, 4.69) is 10.6 Å². The third kappa shape index (κ3) is 4.87. The summed E-state index contributed by atoms with van der Waals surface area (Å²) in [6, 6.07) is 6.71. The molecule has 20 heavy (non-hydrogen) atoms. The second kappa shape index (κ2) is 8.13. The number of methoxy groups -OCH3 is 1. The first kappa shape index (κ1) is 15.9. The largest absolute Gasteiger partial charge is 0.484 e. The Kier molecular flexibility index (Phi) is 6.48. The minimum Gasteiger partial charge on any atom is -0.484 e. The standard InChI is InChI=1S/C13H19N3O4/c1-15-12(17)8-20-10-5-3-4-9(6-10)16-13(18)11(7-14)19-2/h3-6,11H,7-8,14H2,1-2H3,(H,15,17)(H,16,18). The van der Waals surface area contributed by atoms with E-state index in [9.17, 15) is 9.59 Å². The first-order valence-corrected chi connectivity index (χ1v) is 6.08. The van der Waals surface area contributed by atoms with Crippen molar-refractivity contribution in [3.05, 3.63) is 24.3 Å². The summed E-state index contributed by atoms with van der Waals surface area (Å²) in [4.78, 5) is 22.9. The summed E-state index contributed by atoms with van der Waals surface area (Å²) in [5, 5.41) is 5.11. The number of rotatable bonds is 7. The molecule has 0 saturated heterocycles.